The van der Waals surface area contributed by atoms with E-state index >= 15 is 0 Å². The summed E-state index contributed by atoms with van der Waals surface area (Å²) in [4.78, 5) is 24.7. The van der Waals surface area contributed by atoms with Gasteiger partial charge in [0.2, 0.25) is 0 Å². The molecule has 1 aliphatic heterocycles. The number of hydrogen-bond donors (Lipinski definition) is 1. The second-order valence-corrected chi connectivity index (χ2v) is 8.40. The molecule has 2 rings (SSSR count). The van der Waals surface area contributed by atoms with Crippen LogP contribution in [0.2, 0.25) is 0 Å². The minimum Gasteiger partial charge on any atom is -0.460 e. The van der Waals surface area contributed by atoms with Crippen molar-refractivity contribution < 1.29 is 28.5 Å². The summed E-state index contributed by atoms with van der Waals surface area (Å²) in [5.74, 6) is -1.37. The third-order valence-electron chi connectivity index (χ3n) is 4.13. The summed E-state index contributed by atoms with van der Waals surface area (Å²) < 4.78 is 22.5. The Morgan fingerprint density at radius 1 is 1.21 bits per heavy atom. The van der Waals surface area contributed by atoms with E-state index in [0.29, 0.717) is 0 Å². The minimum absolute atomic E-state index is 0.0436. The van der Waals surface area contributed by atoms with E-state index in [1.165, 1.54) is 0 Å². The van der Waals surface area contributed by atoms with E-state index in [4.69, 9.17) is 18.9 Å². The van der Waals surface area contributed by atoms with Crippen molar-refractivity contribution in [2.45, 2.75) is 77.3 Å². The van der Waals surface area contributed by atoms with E-state index in [0.717, 1.165) is 5.56 Å². The molecule has 1 saturated heterocycles. The number of ether oxygens (including phenoxy) is 4. The number of esters is 1. The van der Waals surface area contributed by atoms with Crippen LogP contribution in [-0.2, 0) is 30.3 Å². The number of hydrogen-bond acceptors (Lipinski definition) is 6. The number of benzene rings is 1. The van der Waals surface area contributed by atoms with Gasteiger partial charge in [0.05, 0.1) is 18.6 Å². The van der Waals surface area contributed by atoms with Crippen molar-refractivity contribution in [3.8, 4) is 0 Å². The molecule has 1 amide bonds. The van der Waals surface area contributed by atoms with Crippen LogP contribution >= 0.6 is 0 Å². The molecular weight excluding hydrogens is 374 g/mol. The van der Waals surface area contributed by atoms with Crippen LogP contribution < -0.4 is 5.32 Å². The number of rotatable bonds is 6. The first-order valence-electron chi connectivity index (χ1n) is 9.66. The largest absolute Gasteiger partial charge is 0.460 e. The van der Waals surface area contributed by atoms with Crippen LogP contribution in [-0.4, -0.2) is 41.7 Å². The lowest BCUT2D eigenvalue weighted by Gasteiger charge is -2.45. The standard InChI is InChI=1S/C22H31NO6/c1-7-16-19(23-20(25)26-14-15-11-9-8-10-12-15)17(28-22(5,6)27-16)13-18(24)29-21(2,3)4/h7-12,16-17,19H,1,13-14H2,2-6H3,(H,23,25)/t16-,17-,19+/m0/s1. The van der Waals surface area contributed by atoms with Crippen LogP contribution in [0, 0.1) is 0 Å². The minimum atomic E-state index is -0.947. The number of alkyl carbamates (subject to hydrolysis) is 1. The van der Waals surface area contributed by atoms with Gasteiger partial charge in [-0.3, -0.25) is 4.79 Å². The Labute approximate surface area is 172 Å². The molecule has 0 aromatic heterocycles. The lowest BCUT2D eigenvalue weighted by atomic mass is 9.99. The summed E-state index contributed by atoms with van der Waals surface area (Å²) in [6.07, 6.45) is -0.324. The van der Waals surface area contributed by atoms with Crippen LogP contribution in [0.5, 0.6) is 0 Å². The molecule has 7 heteroatoms. The number of carbonyl (C=O) groups is 2. The van der Waals surface area contributed by atoms with Crippen LogP contribution in [0.4, 0.5) is 4.79 Å². The van der Waals surface area contributed by atoms with Gasteiger partial charge in [-0.1, -0.05) is 36.4 Å². The Bertz CT molecular complexity index is 710. The fourth-order valence-corrected chi connectivity index (χ4v) is 3.06. The first-order chi connectivity index (χ1) is 13.5. The molecule has 29 heavy (non-hydrogen) atoms. The van der Waals surface area contributed by atoms with Crippen molar-refractivity contribution >= 4 is 12.1 Å². The van der Waals surface area contributed by atoms with Crippen molar-refractivity contribution in [1.82, 2.24) is 5.32 Å². The molecule has 160 valence electrons. The molecule has 0 bridgehead atoms. The van der Waals surface area contributed by atoms with E-state index in [1.807, 2.05) is 30.3 Å². The summed E-state index contributed by atoms with van der Waals surface area (Å²) in [5, 5.41) is 2.76. The SMILES string of the molecule is C=C[C@@H]1OC(C)(C)O[C@@H](CC(=O)OC(C)(C)C)[C@@H]1NC(=O)OCc1ccccc1. The Hall–Kier alpha value is -2.38. The summed E-state index contributed by atoms with van der Waals surface area (Å²) in [7, 11) is 0. The summed E-state index contributed by atoms with van der Waals surface area (Å²) >= 11 is 0. The van der Waals surface area contributed by atoms with Gasteiger partial charge in [0.1, 0.15) is 18.3 Å². The molecule has 0 radical (unpaired) electrons. The molecule has 1 aromatic rings. The average Bonchev–Trinajstić information content (AvgIpc) is 2.60. The highest BCUT2D eigenvalue weighted by atomic mass is 16.7. The molecule has 1 fully saturated rings. The van der Waals surface area contributed by atoms with Gasteiger partial charge >= 0.3 is 12.1 Å². The quantitative estimate of drug-likeness (QED) is 0.574. The highest BCUT2D eigenvalue weighted by Crippen LogP contribution is 2.30. The molecule has 0 unspecified atom stereocenters. The van der Waals surface area contributed by atoms with E-state index in [2.05, 4.69) is 11.9 Å². The second-order valence-electron chi connectivity index (χ2n) is 8.40. The normalized spacial score (nSPS) is 23.7. The van der Waals surface area contributed by atoms with Gasteiger partial charge in [-0.05, 0) is 40.2 Å². The third kappa shape index (κ3) is 7.51. The summed E-state index contributed by atoms with van der Waals surface area (Å²) in [6.45, 7) is 12.8. The molecule has 1 aliphatic rings. The molecule has 0 aliphatic carbocycles. The highest BCUT2D eigenvalue weighted by molar-refractivity contribution is 5.71. The van der Waals surface area contributed by atoms with E-state index in [-0.39, 0.29) is 13.0 Å². The maximum atomic E-state index is 12.4. The fraction of sp³-hybridized carbons (Fsp3) is 0.545. The Morgan fingerprint density at radius 2 is 1.86 bits per heavy atom. The monoisotopic (exact) mass is 405 g/mol. The molecule has 1 aromatic carbocycles. The van der Waals surface area contributed by atoms with Gasteiger partial charge in [0, 0.05) is 0 Å². The zero-order chi connectivity index (χ0) is 21.7. The zero-order valence-corrected chi connectivity index (χ0v) is 17.8. The van der Waals surface area contributed by atoms with E-state index < -0.39 is 41.7 Å². The van der Waals surface area contributed by atoms with Crippen molar-refractivity contribution in [2.75, 3.05) is 0 Å². The highest BCUT2D eigenvalue weighted by Gasteiger charge is 2.44. The molecular formula is C22H31NO6. The van der Waals surface area contributed by atoms with Gasteiger partial charge in [-0.2, -0.15) is 0 Å². The molecule has 7 nitrogen and oxygen atoms in total. The maximum Gasteiger partial charge on any atom is 0.407 e. The average molecular weight is 405 g/mol. The fourth-order valence-electron chi connectivity index (χ4n) is 3.06. The molecule has 0 saturated carbocycles. The van der Waals surface area contributed by atoms with E-state index in [9.17, 15) is 9.59 Å². The smallest absolute Gasteiger partial charge is 0.407 e. The van der Waals surface area contributed by atoms with Gasteiger partial charge in [-0.25, -0.2) is 4.79 Å². The van der Waals surface area contributed by atoms with Crippen molar-refractivity contribution in [3.05, 3.63) is 48.6 Å². The van der Waals surface area contributed by atoms with Crippen molar-refractivity contribution in [2.24, 2.45) is 0 Å². The summed E-state index contributed by atoms with van der Waals surface area (Å²) in [5.41, 5.74) is 0.248. The van der Waals surface area contributed by atoms with Crippen LogP contribution in [0.3, 0.4) is 0 Å². The molecule has 1 N–H and O–H groups in total. The molecule has 1 heterocycles. The van der Waals surface area contributed by atoms with Crippen LogP contribution in [0.15, 0.2) is 43.0 Å². The predicted octanol–water partition coefficient (Wildman–Crippen LogP) is 3.72. The van der Waals surface area contributed by atoms with Gasteiger partial charge in [-0.15, -0.1) is 6.58 Å². The Kier molecular flexibility index (Phi) is 7.43. The van der Waals surface area contributed by atoms with Crippen LogP contribution in [0.25, 0.3) is 0 Å². The van der Waals surface area contributed by atoms with Gasteiger partial charge in [0.25, 0.3) is 0 Å². The number of nitrogens with one attached hydrogen (secondary N) is 1. The zero-order valence-electron chi connectivity index (χ0n) is 17.8. The van der Waals surface area contributed by atoms with Crippen molar-refractivity contribution in [3.63, 3.8) is 0 Å². The maximum absolute atomic E-state index is 12.4. The predicted molar refractivity (Wildman–Crippen MR) is 108 cm³/mol. The summed E-state index contributed by atoms with van der Waals surface area (Å²) in [6, 6.07) is 8.69. The Morgan fingerprint density at radius 3 is 2.45 bits per heavy atom. The Balaban J connectivity index is 2.07. The number of amides is 1. The molecule has 0 spiro atoms. The van der Waals surface area contributed by atoms with Crippen LogP contribution in [0.1, 0.15) is 46.6 Å². The lowest BCUT2D eigenvalue weighted by molar-refractivity contribution is -0.299. The first kappa shape index (κ1) is 22.9. The van der Waals surface area contributed by atoms with Gasteiger partial charge in [0.15, 0.2) is 5.79 Å². The third-order valence-corrected chi connectivity index (χ3v) is 4.13. The first-order valence-corrected chi connectivity index (χ1v) is 9.66. The topological polar surface area (TPSA) is 83.1 Å². The lowest BCUT2D eigenvalue weighted by Crippen LogP contribution is -2.60. The second kappa shape index (κ2) is 9.41. The van der Waals surface area contributed by atoms with Gasteiger partial charge < -0.3 is 24.3 Å². The molecule has 3 atom stereocenters. The van der Waals surface area contributed by atoms with E-state index in [1.54, 1.807) is 40.7 Å². The number of carbonyl (C=O) groups excluding carboxylic acids is 2. The van der Waals surface area contributed by atoms with Crippen molar-refractivity contribution in [1.29, 1.82) is 0 Å².